The first kappa shape index (κ1) is 20.9. The van der Waals surface area contributed by atoms with Crippen molar-refractivity contribution < 1.29 is 28.3 Å². The third-order valence-corrected chi connectivity index (χ3v) is 4.55. The van der Waals surface area contributed by atoms with Crippen LogP contribution in [0.5, 0.6) is 0 Å². The maximum atomic E-state index is 12.9. The van der Waals surface area contributed by atoms with Gasteiger partial charge in [-0.15, -0.1) is 6.58 Å². The second kappa shape index (κ2) is 8.69. The molecule has 0 spiro atoms. The molecule has 3 rings (SSSR count). The normalized spacial score (nSPS) is 13.6. The Hall–Kier alpha value is -3.81. The van der Waals surface area contributed by atoms with E-state index in [0.29, 0.717) is 5.56 Å². The van der Waals surface area contributed by atoms with Gasteiger partial charge in [-0.25, -0.2) is 9.18 Å². The van der Waals surface area contributed by atoms with Crippen molar-refractivity contribution in [2.75, 3.05) is 6.54 Å². The van der Waals surface area contributed by atoms with E-state index in [2.05, 4.69) is 11.9 Å². The largest absolute Gasteiger partial charge is 0.449 e. The molecule has 1 aliphatic rings. The fourth-order valence-electron chi connectivity index (χ4n) is 2.93. The van der Waals surface area contributed by atoms with Crippen LogP contribution in [0.3, 0.4) is 0 Å². The molecule has 1 aliphatic heterocycles. The van der Waals surface area contributed by atoms with Gasteiger partial charge in [-0.2, -0.15) is 0 Å². The van der Waals surface area contributed by atoms with Gasteiger partial charge in [-0.05, 0) is 42.8 Å². The summed E-state index contributed by atoms with van der Waals surface area (Å²) in [6.07, 6.45) is 0.337. The first-order chi connectivity index (χ1) is 14.3. The van der Waals surface area contributed by atoms with Crippen molar-refractivity contribution in [2.45, 2.75) is 19.6 Å². The number of carbonyl (C=O) groups is 4. The zero-order valence-electron chi connectivity index (χ0n) is 16.2. The van der Waals surface area contributed by atoms with Gasteiger partial charge in [-0.1, -0.05) is 18.2 Å². The van der Waals surface area contributed by atoms with E-state index in [1.54, 1.807) is 0 Å². The van der Waals surface area contributed by atoms with Crippen LogP contribution in [0.2, 0.25) is 0 Å². The highest BCUT2D eigenvalue weighted by molar-refractivity contribution is 6.22. The maximum absolute atomic E-state index is 12.9. The summed E-state index contributed by atoms with van der Waals surface area (Å²) in [5.74, 6) is -2.69. The second-order valence-corrected chi connectivity index (χ2v) is 6.66. The van der Waals surface area contributed by atoms with E-state index in [-0.39, 0.29) is 35.6 Å². The number of carbonyl (C=O) groups excluding carboxylic acids is 4. The van der Waals surface area contributed by atoms with Crippen LogP contribution in [-0.4, -0.2) is 41.2 Å². The van der Waals surface area contributed by atoms with Gasteiger partial charge in [0.15, 0.2) is 6.10 Å². The van der Waals surface area contributed by atoms with Crippen molar-refractivity contribution in [1.82, 2.24) is 10.2 Å². The molecule has 0 fully saturated rings. The SMILES string of the molecule is C=CCN1C(=O)c2ccc(C(=O)O[C@H](C)C(=O)NCc3ccc(F)cc3)cc2C1=O. The summed E-state index contributed by atoms with van der Waals surface area (Å²) in [5, 5.41) is 2.60. The summed E-state index contributed by atoms with van der Waals surface area (Å²) in [5.41, 5.74) is 1.04. The Morgan fingerprint density at radius 1 is 1.13 bits per heavy atom. The Bertz CT molecular complexity index is 1030. The Morgan fingerprint density at radius 2 is 1.80 bits per heavy atom. The van der Waals surface area contributed by atoms with Crippen LogP contribution in [0.15, 0.2) is 55.1 Å². The van der Waals surface area contributed by atoms with E-state index < -0.39 is 29.8 Å². The van der Waals surface area contributed by atoms with Crippen molar-refractivity contribution in [3.63, 3.8) is 0 Å². The van der Waals surface area contributed by atoms with E-state index in [0.717, 1.165) is 4.90 Å². The van der Waals surface area contributed by atoms with Gasteiger partial charge in [0, 0.05) is 13.1 Å². The number of nitrogens with one attached hydrogen (secondary N) is 1. The highest BCUT2D eigenvalue weighted by Crippen LogP contribution is 2.24. The average molecular weight is 410 g/mol. The van der Waals surface area contributed by atoms with Crippen LogP contribution in [0.4, 0.5) is 4.39 Å². The van der Waals surface area contributed by atoms with Gasteiger partial charge in [0.25, 0.3) is 17.7 Å². The number of nitrogens with zero attached hydrogens (tertiary/aromatic N) is 1. The first-order valence-corrected chi connectivity index (χ1v) is 9.16. The molecular weight excluding hydrogens is 391 g/mol. The van der Waals surface area contributed by atoms with Crippen molar-refractivity contribution in [3.05, 3.63) is 83.2 Å². The topological polar surface area (TPSA) is 92.8 Å². The third kappa shape index (κ3) is 4.27. The number of imide groups is 1. The van der Waals surface area contributed by atoms with Gasteiger partial charge >= 0.3 is 5.97 Å². The number of halogens is 1. The molecule has 0 saturated carbocycles. The molecular formula is C22H19FN2O5. The van der Waals surface area contributed by atoms with E-state index >= 15 is 0 Å². The summed E-state index contributed by atoms with van der Waals surface area (Å²) in [4.78, 5) is 50.2. The van der Waals surface area contributed by atoms with Crippen molar-refractivity contribution in [3.8, 4) is 0 Å². The molecule has 0 saturated heterocycles. The molecule has 1 heterocycles. The zero-order valence-corrected chi connectivity index (χ0v) is 16.2. The number of benzene rings is 2. The number of esters is 1. The molecule has 0 aromatic heterocycles. The molecule has 7 nitrogen and oxygen atoms in total. The summed E-state index contributed by atoms with van der Waals surface area (Å²) >= 11 is 0. The van der Waals surface area contributed by atoms with Crippen molar-refractivity contribution in [2.24, 2.45) is 0 Å². The van der Waals surface area contributed by atoms with E-state index in [1.807, 2.05) is 0 Å². The maximum Gasteiger partial charge on any atom is 0.338 e. The first-order valence-electron chi connectivity index (χ1n) is 9.16. The molecule has 0 bridgehead atoms. The highest BCUT2D eigenvalue weighted by Gasteiger charge is 2.35. The summed E-state index contributed by atoms with van der Waals surface area (Å²) in [6, 6.07) is 9.66. The Morgan fingerprint density at radius 3 is 2.47 bits per heavy atom. The average Bonchev–Trinajstić information content (AvgIpc) is 2.97. The number of amides is 3. The number of ether oxygens (including phenoxy) is 1. The van der Waals surface area contributed by atoms with Gasteiger partial charge in [0.05, 0.1) is 16.7 Å². The molecule has 8 heteroatoms. The van der Waals surface area contributed by atoms with E-state index in [9.17, 15) is 23.6 Å². The van der Waals surface area contributed by atoms with Crippen molar-refractivity contribution in [1.29, 1.82) is 0 Å². The minimum Gasteiger partial charge on any atom is -0.449 e. The molecule has 0 aliphatic carbocycles. The molecule has 3 amide bonds. The van der Waals surface area contributed by atoms with Crippen LogP contribution < -0.4 is 5.32 Å². The lowest BCUT2D eigenvalue weighted by molar-refractivity contribution is -0.129. The van der Waals surface area contributed by atoms with Crippen LogP contribution in [0.25, 0.3) is 0 Å². The van der Waals surface area contributed by atoms with Crippen LogP contribution in [0, 0.1) is 5.82 Å². The van der Waals surface area contributed by atoms with Crippen LogP contribution in [0.1, 0.15) is 43.6 Å². The minimum atomic E-state index is -1.10. The number of hydrogen-bond acceptors (Lipinski definition) is 5. The number of hydrogen-bond donors (Lipinski definition) is 1. The second-order valence-electron chi connectivity index (χ2n) is 6.66. The molecule has 1 atom stereocenters. The van der Waals surface area contributed by atoms with Crippen LogP contribution in [-0.2, 0) is 16.1 Å². The number of fused-ring (bicyclic) bond motifs is 1. The fourth-order valence-corrected chi connectivity index (χ4v) is 2.93. The number of rotatable bonds is 7. The van der Waals surface area contributed by atoms with Crippen molar-refractivity contribution >= 4 is 23.7 Å². The molecule has 2 aromatic rings. The summed E-state index contributed by atoms with van der Waals surface area (Å²) in [6.45, 7) is 5.14. The van der Waals surface area contributed by atoms with Crippen LogP contribution >= 0.6 is 0 Å². The molecule has 0 radical (unpaired) electrons. The smallest absolute Gasteiger partial charge is 0.338 e. The van der Waals surface area contributed by atoms with Gasteiger partial charge < -0.3 is 10.1 Å². The molecule has 1 N–H and O–H groups in total. The molecule has 30 heavy (non-hydrogen) atoms. The lowest BCUT2D eigenvalue weighted by Gasteiger charge is -2.14. The fraction of sp³-hybridized carbons (Fsp3) is 0.182. The Kier molecular flexibility index (Phi) is 6.06. The predicted molar refractivity (Wildman–Crippen MR) is 105 cm³/mol. The standard InChI is InChI=1S/C22H19FN2O5/c1-3-10-25-20(27)17-9-6-15(11-18(17)21(25)28)22(29)30-13(2)19(26)24-12-14-4-7-16(23)8-5-14/h3-9,11,13H,1,10,12H2,2H3,(H,24,26)/t13-/m1/s1. The zero-order chi connectivity index (χ0) is 21.8. The lowest BCUT2D eigenvalue weighted by Crippen LogP contribution is -2.35. The quantitative estimate of drug-likeness (QED) is 0.430. The van der Waals surface area contributed by atoms with Gasteiger partial charge in [0.2, 0.25) is 0 Å². The highest BCUT2D eigenvalue weighted by atomic mass is 19.1. The Balaban J connectivity index is 1.62. The van der Waals surface area contributed by atoms with E-state index in [1.165, 1.54) is 55.5 Å². The molecule has 2 aromatic carbocycles. The Labute approximate surface area is 172 Å². The molecule has 154 valence electrons. The third-order valence-electron chi connectivity index (χ3n) is 4.55. The van der Waals surface area contributed by atoms with Gasteiger partial charge in [-0.3, -0.25) is 19.3 Å². The summed E-state index contributed by atoms with van der Waals surface area (Å²) < 4.78 is 18.1. The minimum absolute atomic E-state index is 0.0496. The predicted octanol–water partition coefficient (Wildman–Crippen LogP) is 2.47. The monoisotopic (exact) mass is 410 g/mol. The summed E-state index contributed by atoms with van der Waals surface area (Å²) in [7, 11) is 0. The van der Waals surface area contributed by atoms with Gasteiger partial charge in [0.1, 0.15) is 5.82 Å². The lowest BCUT2D eigenvalue weighted by atomic mass is 10.1. The van der Waals surface area contributed by atoms with E-state index in [4.69, 9.17) is 4.74 Å². The molecule has 0 unspecified atom stereocenters.